The van der Waals surface area contributed by atoms with E-state index >= 15 is 0 Å². The van der Waals surface area contributed by atoms with Crippen LogP contribution in [0, 0.1) is 13.8 Å². The zero-order valence-electron chi connectivity index (χ0n) is 21.5. The van der Waals surface area contributed by atoms with Gasteiger partial charge in [-0.15, -0.1) is 0 Å². The fourth-order valence-electron chi connectivity index (χ4n) is 5.09. The van der Waals surface area contributed by atoms with Crippen LogP contribution in [-0.4, -0.2) is 46.9 Å². The normalized spacial score (nSPS) is 19.9. The summed E-state index contributed by atoms with van der Waals surface area (Å²) >= 11 is 0. The van der Waals surface area contributed by atoms with Crippen LogP contribution in [0.4, 0.5) is 5.95 Å². The average molecular weight is 491 g/mol. The van der Waals surface area contributed by atoms with E-state index < -0.39 is 5.97 Å². The number of benzene rings is 1. The zero-order chi connectivity index (χ0) is 25.2. The highest BCUT2D eigenvalue weighted by Crippen LogP contribution is 2.44. The largest absolute Gasteiger partial charge is 0.464 e. The van der Waals surface area contributed by atoms with Crippen molar-refractivity contribution in [1.29, 1.82) is 0 Å². The van der Waals surface area contributed by atoms with E-state index in [2.05, 4.69) is 46.0 Å². The molecular formula is C28H34N4O4. The number of carbonyl (C=O) groups excluding carboxylic acids is 1. The summed E-state index contributed by atoms with van der Waals surface area (Å²) in [6.45, 7) is 7.39. The van der Waals surface area contributed by atoms with Gasteiger partial charge in [0.1, 0.15) is 11.5 Å². The van der Waals surface area contributed by atoms with Gasteiger partial charge >= 0.3 is 5.97 Å². The highest BCUT2D eigenvalue weighted by atomic mass is 16.5. The number of aromatic nitrogens is 3. The second kappa shape index (κ2) is 10.4. The Bertz CT molecular complexity index is 1240. The molecule has 36 heavy (non-hydrogen) atoms. The molecule has 2 aromatic heterocycles. The van der Waals surface area contributed by atoms with Gasteiger partial charge in [-0.3, -0.25) is 0 Å². The summed E-state index contributed by atoms with van der Waals surface area (Å²) in [4.78, 5) is 23.4. The van der Waals surface area contributed by atoms with Gasteiger partial charge < -0.3 is 18.9 Å². The van der Waals surface area contributed by atoms with E-state index in [4.69, 9.17) is 14.0 Å². The molecule has 0 amide bonds. The number of methoxy groups -OCH3 is 1. The molecule has 1 aromatic carbocycles. The number of anilines is 1. The van der Waals surface area contributed by atoms with Crippen LogP contribution >= 0.6 is 0 Å². The number of esters is 1. The Morgan fingerprint density at radius 2 is 1.97 bits per heavy atom. The van der Waals surface area contributed by atoms with Gasteiger partial charge in [-0.05, 0) is 57.6 Å². The number of nitrogens with zero attached hydrogens (tertiary/aromatic N) is 4. The molecule has 3 heterocycles. The fourth-order valence-corrected chi connectivity index (χ4v) is 5.09. The van der Waals surface area contributed by atoms with E-state index in [9.17, 15) is 4.79 Å². The van der Waals surface area contributed by atoms with Crippen LogP contribution in [0.2, 0.25) is 0 Å². The molecule has 1 saturated heterocycles. The standard InChI is InChI=1S/C28H34N4O4/c1-5-20-15-21(12-13-32(20)28-29-18(3)14-24(30-28)27(33)34-4)35-16-23-25(22-9-7-6-8-17(22)2)31-36-26(23)19-10-11-19/h6-9,14,19-21H,5,10-13,15-16H2,1-4H3/t20-,21+/m0/s1. The Kier molecular flexibility index (Phi) is 7.05. The predicted octanol–water partition coefficient (Wildman–Crippen LogP) is 5.38. The van der Waals surface area contributed by atoms with Crippen molar-refractivity contribution in [3.05, 3.63) is 58.6 Å². The molecule has 1 aliphatic heterocycles. The van der Waals surface area contributed by atoms with Crippen LogP contribution in [-0.2, 0) is 16.1 Å². The van der Waals surface area contributed by atoms with Crippen molar-refractivity contribution in [1.82, 2.24) is 15.1 Å². The van der Waals surface area contributed by atoms with Crippen molar-refractivity contribution < 1.29 is 18.8 Å². The molecule has 8 heteroatoms. The Hall–Kier alpha value is -3.26. The first-order valence-corrected chi connectivity index (χ1v) is 12.8. The fraction of sp³-hybridized carbons (Fsp3) is 0.500. The molecule has 2 aliphatic rings. The lowest BCUT2D eigenvalue weighted by molar-refractivity contribution is 0.0155. The molecule has 0 spiro atoms. The van der Waals surface area contributed by atoms with Crippen LogP contribution in [0.25, 0.3) is 11.3 Å². The highest BCUT2D eigenvalue weighted by Gasteiger charge is 2.34. The second-order valence-corrected chi connectivity index (χ2v) is 9.86. The summed E-state index contributed by atoms with van der Waals surface area (Å²) < 4.78 is 17.2. The minimum absolute atomic E-state index is 0.114. The molecule has 2 fully saturated rings. The predicted molar refractivity (Wildman–Crippen MR) is 136 cm³/mol. The van der Waals surface area contributed by atoms with Gasteiger partial charge in [-0.25, -0.2) is 14.8 Å². The van der Waals surface area contributed by atoms with Crippen molar-refractivity contribution in [3.63, 3.8) is 0 Å². The molecule has 0 bridgehead atoms. The first-order chi connectivity index (χ1) is 17.5. The number of hydrogen-bond donors (Lipinski definition) is 0. The summed E-state index contributed by atoms with van der Waals surface area (Å²) in [6, 6.07) is 10.2. The van der Waals surface area contributed by atoms with E-state index in [1.807, 2.05) is 19.1 Å². The SMILES string of the molecule is CC[C@H]1C[C@H](OCc2c(-c3ccccc3C)noc2C2CC2)CCN1c1nc(C)cc(C(=O)OC)n1. The molecule has 0 N–H and O–H groups in total. The molecule has 1 aliphatic carbocycles. The summed E-state index contributed by atoms with van der Waals surface area (Å²) in [7, 11) is 1.37. The summed E-state index contributed by atoms with van der Waals surface area (Å²) in [5.41, 5.74) is 5.31. The van der Waals surface area contributed by atoms with Crippen LogP contribution < -0.4 is 4.90 Å². The molecule has 0 radical (unpaired) electrons. The van der Waals surface area contributed by atoms with Gasteiger partial charge in [0.05, 0.1) is 19.8 Å². The molecule has 8 nitrogen and oxygen atoms in total. The molecule has 2 atom stereocenters. The van der Waals surface area contributed by atoms with Crippen molar-refractivity contribution >= 4 is 11.9 Å². The monoisotopic (exact) mass is 490 g/mol. The number of piperidine rings is 1. The lowest BCUT2D eigenvalue weighted by atomic mass is 9.97. The second-order valence-electron chi connectivity index (χ2n) is 9.86. The van der Waals surface area contributed by atoms with Gasteiger partial charge in [-0.2, -0.15) is 0 Å². The first-order valence-electron chi connectivity index (χ1n) is 12.8. The van der Waals surface area contributed by atoms with Crippen molar-refractivity contribution in [3.8, 4) is 11.3 Å². The van der Waals surface area contributed by atoms with Gasteiger partial charge in [0, 0.05) is 35.3 Å². The van der Waals surface area contributed by atoms with Crippen LogP contribution in [0.5, 0.6) is 0 Å². The Morgan fingerprint density at radius 3 is 2.69 bits per heavy atom. The van der Waals surface area contributed by atoms with Crippen molar-refractivity contribution in [2.75, 3.05) is 18.6 Å². The maximum absolute atomic E-state index is 12.1. The highest BCUT2D eigenvalue weighted by molar-refractivity contribution is 5.87. The molecule has 5 rings (SSSR count). The summed E-state index contributed by atoms with van der Waals surface area (Å²) in [5.74, 6) is 1.58. The van der Waals surface area contributed by atoms with Crippen LogP contribution in [0.15, 0.2) is 34.9 Å². The Morgan fingerprint density at radius 1 is 1.17 bits per heavy atom. The minimum Gasteiger partial charge on any atom is -0.464 e. The summed E-state index contributed by atoms with van der Waals surface area (Å²) in [5, 5.41) is 4.48. The number of ether oxygens (including phenoxy) is 2. The zero-order valence-corrected chi connectivity index (χ0v) is 21.5. The molecule has 3 aromatic rings. The average Bonchev–Trinajstić information content (AvgIpc) is 3.66. The quantitative estimate of drug-likeness (QED) is 0.389. The van der Waals surface area contributed by atoms with Crippen LogP contribution in [0.3, 0.4) is 0 Å². The Labute approximate surface area is 212 Å². The maximum Gasteiger partial charge on any atom is 0.356 e. The molecule has 1 saturated carbocycles. The van der Waals surface area contributed by atoms with E-state index in [1.165, 1.54) is 12.7 Å². The van der Waals surface area contributed by atoms with Gasteiger partial charge in [0.15, 0.2) is 5.69 Å². The topological polar surface area (TPSA) is 90.6 Å². The van der Waals surface area contributed by atoms with Crippen molar-refractivity contribution in [2.45, 2.75) is 77.5 Å². The van der Waals surface area contributed by atoms with Gasteiger partial charge in [0.25, 0.3) is 0 Å². The summed E-state index contributed by atoms with van der Waals surface area (Å²) in [6.07, 6.45) is 5.06. The minimum atomic E-state index is -0.447. The van der Waals surface area contributed by atoms with Gasteiger partial charge in [0.2, 0.25) is 5.95 Å². The third-order valence-electron chi connectivity index (χ3n) is 7.26. The smallest absolute Gasteiger partial charge is 0.356 e. The number of carbonyl (C=O) groups is 1. The third kappa shape index (κ3) is 5.00. The van der Waals surface area contributed by atoms with E-state index in [-0.39, 0.29) is 17.8 Å². The van der Waals surface area contributed by atoms with E-state index in [0.29, 0.717) is 18.5 Å². The van der Waals surface area contributed by atoms with Crippen molar-refractivity contribution in [2.24, 2.45) is 0 Å². The van der Waals surface area contributed by atoms with E-state index in [0.717, 1.165) is 66.9 Å². The molecule has 190 valence electrons. The third-order valence-corrected chi connectivity index (χ3v) is 7.26. The number of hydrogen-bond acceptors (Lipinski definition) is 8. The van der Waals surface area contributed by atoms with Gasteiger partial charge in [-0.1, -0.05) is 36.3 Å². The number of aryl methyl sites for hydroxylation is 2. The van der Waals surface area contributed by atoms with Crippen LogP contribution in [0.1, 0.15) is 78.0 Å². The van der Waals surface area contributed by atoms with E-state index in [1.54, 1.807) is 6.07 Å². The maximum atomic E-state index is 12.1. The molecule has 0 unspecified atom stereocenters. The lowest BCUT2D eigenvalue weighted by Gasteiger charge is -2.39. The molecular weight excluding hydrogens is 456 g/mol. The first kappa shape index (κ1) is 24.4. The Balaban J connectivity index is 1.31. The lowest BCUT2D eigenvalue weighted by Crippen LogP contribution is -2.46. The number of rotatable bonds is 8.